The smallest absolute Gasteiger partial charge is 0.331 e. The first kappa shape index (κ1) is 13.5. The fourth-order valence-electron chi connectivity index (χ4n) is 1.83. The maximum atomic E-state index is 11.0. The molecule has 0 aromatic heterocycles. The van der Waals surface area contributed by atoms with E-state index in [1.165, 1.54) is 5.56 Å². The lowest BCUT2D eigenvalue weighted by molar-refractivity contribution is -0.132. The van der Waals surface area contributed by atoms with Crippen LogP contribution in [0, 0.1) is 0 Å². The third-order valence-corrected chi connectivity index (χ3v) is 3.02. The molecule has 0 saturated carbocycles. The van der Waals surface area contributed by atoms with E-state index in [4.69, 9.17) is 5.11 Å². The van der Waals surface area contributed by atoms with E-state index >= 15 is 0 Å². The largest absolute Gasteiger partial charge is 0.478 e. The zero-order valence-corrected chi connectivity index (χ0v) is 11.2. The van der Waals surface area contributed by atoms with Gasteiger partial charge in [-0.2, -0.15) is 0 Å². The van der Waals surface area contributed by atoms with Gasteiger partial charge in [0.15, 0.2) is 0 Å². The van der Waals surface area contributed by atoms with Crippen molar-refractivity contribution in [2.24, 2.45) is 0 Å². The molecule has 0 aliphatic carbocycles. The molecule has 92 valence electrons. The molecule has 0 aliphatic heterocycles. The van der Waals surface area contributed by atoms with Crippen molar-refractivity contribution in [2.75, 3.05) is 0 Å². The van der Waals surface area contributed by atoms with Crippen molar-refractivity contribution in [1.29, 1.82) is 0 Å². The predicted molar refractivity (Wildman–Crippen MR) is 71.0 cm³/mol. The highest BCUT2D eigenvalue weighted by Gasteiger charge is 2.19. The van der Waals surface area contributed by atoms with Gasteiger partial charge in [0.25, 0.3) is 0 Å². The number of hydrogen-bond donors (Lipinski definition) is 1. The zero-order valence-electron chi connectivity index (χ0n) is 11.2. The van der Waals surface area contributed by atoms with Crippen molar-refractivity contribution in [1.82, 2.24) is 0 Å². The highest BCUT2D eigenvalue weighted by atomic mass is 16.4. The minimum absolute atomic E-state index is 0.0106. The Hall–Kier alpha value is -1.57. The van der Waals surface area contributed by atoms with Gasteiger partial charge in [-0.15, -0.1) is 0 Å². The summed E-state index contributed by atoms with van der Waals surface area (Å²) in [7, 11) is 0. The Labute approximate surface area is 103 Å². The molecule has 0 spiro atoms. The molecular weight excluding hydrogens is 212 g/mol. The first-order valence-corrected chi connectivity index (χ1v) is 5.76. The summed E-state index contributed by atoms with van der Waals surface area (Å²) < 4.78 is 0. The molecule has 0 fully saturated rings. The molecule has 0 bridgehead atoms. The van der Waals surface area contributed by atoms with Gasteiger partial charge in [-0.25, -0.2) is 4.79 Å². The molecule has 1 aromatic carbocycles. The summed E-state index contributed by atoms with van der Waals surface area (Å²) in [5, 5.41) is 9.05. The van der Waals surface area contributed by atoms with Crippen LogP contribution in [-0.4, -0.2) is 11.1 Å². The average Bonchev–Trinajstić information content (AvgIpc) is 2.25. The summed E-state index contributed by atoms with van der Waals surface area (Å²) >= 11 is 0. The van der Waals surface area contributed by atoms with Gasteiger partial charge in [-0.05, 0) is 36.0 Å². The van der Waals surface area contributed by atoms with Gasteiger partial charge >= 0.3 is 5.97 Å². The second kappa shape index (κ2) is 4.74. The summed E-state index contributed by atoms with van der Waals surface area (Å²) in [5.41, 5.74) is 3.46. The normalized spacial score (nSPS) is 13.2. The number of aliphatic carboxylic acids is 1. The first-order chi connectivity index (χ1) is 7.75. The molecule has 0 heterocycles. The van der Waals surface area contributed by atoms with Crippen LogP contribution in [0.5, 0.6) is 0 Å². The van der Waals surface area contributed by atoms with Crippen molar-refractivity contribution in [3.63, 3.8) is 0 Å². The van der Waals surface area contributed by atoms with Crippen LogP contribution in [0.1, 0.15) is 45.7 Å². The van der Waals surface area contributed by atoms with Crippen LogP contribution in [0.15, 0.2) is 29.8 Å². The monoisotopic (exact) mass is 232 g/mol. The SMILES string of the molecule is CC(C(=O)O)=C(C)c1ccccc1C(C)(C)C. The fourth-order valence-corrected chi connectivity index (χ4v) is 1.83. The van der Waals surface area contributed by atoms with Crippen molar-refractivity contribution in [3.05, 3.63) is 41.0 Å². The van der Waals surface area contributed by atoms with E-state index in [9.17, 15) is 4.79 Å². The molecular formula is C15H20O2. The lowest BCUT2D eigenvalue weighted by Gasteiger charge is -2.23. The average molecular weight is 232 g/mol. The predicted octanol–water partition coefficient (Wildman–Crippen LogP) is 3.86. The van der Waals surface area contributed by atoms with Gasteiger partial charge < -0.3 is 5.11 Å². The number of rotatable bonds is 2. The van der Waals surface area contributed by atoms with Gasteiger partial charge in [0.1, 0.15) is 0 Å². The maximum absolute atomic E-state index is 11.0. The van der Waals surface area contributed by atoms with Gasteiger partial charge in [-0.1, -0.05) is 45.0 Å². The van der Waals surface area contributed by atoms with E-state index < -0.39 is 5.97 Å². The number of allylic oxidation sites excluding steroid dienone is 1. The van der Waals surface area contributed by atoms with Crippen LogP contribution in [0.2, 0.25) is 0 Å². The molecule has 2 nitrogen and oxygen atoms in total. The number of benzene rings is 1. The highest BCUT2D eigenvalue weighted by molar-refractivity contribution is 5.95. The van der Waals surface area contributed by atoms with Gasteiger partial charge in [-0.3, -0.25) is 0 Å². The third kappa shape index (κ3) is 2.96. The molecule has 2 heteroatoms. The molecule has 0 atom stereocenters. The lowest BCUT2D eigenvalue weighted by atomic mass is 9.81. The fraction of sp³-hybridized carbons (Fsp3) is 0.400. The number of hydrogen-bond acceptors (Lipinski definition) is 1. The third-order valence-electron chi connectivity index (χ3n) is 3.02. The maximum Gasteiger partial charge on any atom is 0.331 e. The van der Waals surface area contributed by atoms with E-state index in [0.717, 1.165) is 11.1 Å². The van der Waals surface area contributed by atoms with Crippen molar-refractivity contribution in [2.45, 2.75) is 40.0 Å². The number of carboxylic acids is 1. The van der Waals surface area contributed by atoms with Crippen LogP contribution >= 0.6 is 0 Å². The molecule has 0 saturated heterocycles. The van der Waals surface area contributed by atoms with E-state index in [0.29, 0.717) is 5.57 Å². The number of carbonyl (C=O) groups is 1. The van der Waals surface area contributed by atoms with Crippen LogP contribution in [0.25, 0.3) is 5.57 Å². The van der Waals surface area contributed by atoms with Crippen molar-refractivity contribution in [3.8, 4) is 0 Å². The highest BCUT2D eigenvalue weighted by Crippen LogP contribution is 2.31. The Morgan fingerprint density at radius 1 is 1.12 bits per heavy atom. The van der Waals surface area contributed by atoms with E-state index in [1.807, 2.05) is 25.1 Å². The van der Waals surface area contributed by atoms with Crippen LogP contribution < -0.4 is 0 Å². The van der Waals surface area contributed by atoms with Crippen LogP contribution in [0.4, 0.5) is 0 Å². The minimum Gasteiger partial charge on any atom is -0.478 e. The Kier molecular flexibility index (Phi) is 3.76. The summed E-state index contributed by atoms with van der Waals surface area (Å²) in [4.78, 5) is 11.0. The Morgan fingerprint density at radius 2 is 1.65 bits per heavy atom. The van der Waals surface area contributed by atoms with E-state index in [1.54, 1.807) is 6.92 Å². The van der Waals surface area contributed by atoms with Crippen molar-refractivity contribution >= 4 is 11.5 Å². The molecule has 1 rings (SSSR count). The lowest BCUT2D eigenvalue weighted by Crippen LogP contribution is -2.14. The second-order valence-corrected chi connectivity index (χ2v) is 5.35. The van der Waals surface area contributed by atoms with E-state index in [-0.39, 0.29) is 5.41 Å². The summed E-state index contributed by atoms with van der Waals surface area (Å²) in [6, 6.07) is 7.99. The Morgan fingerprint density at radius 3 is 2.12 bits per heavy atom. The number of carboxylic acid groups (broad SMARTS) is 1. The second-order valence-electron chi connectivity index (χ2n) is 5.35. The van der Waals surface area contributed by atoms with E-state index in [2.05, 4.69) is 26.8 Å². The quantitative estimate of drug-likeness (QED) is 0.786. The molecule has 0 radical (unpaired) electrons. The van der Waals surface area contributed by atoms with Crippen LogP contribution in [0.3, 0.4) is 0 Å². The molecule has 0 aliphatic rings. The summed E-state index contributed by atoms with van der Waals surface area (Å²) in [5.74, 6) is -0.855. The molecule has 1 aromatic rings. The van der Waals surface area contributed by atoms with Crippen molar-refractivity contribution < 1.29 is 9.90 Å². The molecule has 1 N–H and O–H groups in total. The van der Waals surface area contributed by atoms with Gasteiger partial charge in [0.05, 0.1) is 0 Å². The molecule has 17 heavy (non-hydrogen) atoms. The summed E-state index contributed by atoms with van der Waals surface area (Å²) in [6.45, 7) is 9.92. The minimum atomic E-state index is -0.855. The van der Waals surface area contributed by atoms with Gasteiger partial charge in [0, 0.05) is 5.57 Å². The standard InChI is InChI=1S/C15H20O2/c1-10(11(2)14(16)17)12-8-6-7-9-13(12)15(3,4)5/h6-9H,1-5H3,(H,16,17). The molecule has 0 amide bonds. The topological polar surface area (TPSA) is 37.3 Å². The Bertz CT molecular complexity index is 462. The zero-order chi connectivity index (χ0) is 13.2. The summed E-state index contributed by atoms with van der Waals surface area (Å²) in [6.07, 6.45) is 0. The van der Waals surface area contributed by atoms with Crippen LogP contribution in [-0.2, 0) is 10.2 Å². The van der Waals surface area contributed by atoms with Gasteiger partial charge in [0.2, 0.25) is 0 Å². The molecule has 0 unspecified atom stereocenters. The first-order valence-electron chi connectivity index (χ1n) is 5.76. The Balaban J connectivity index is 3.43.